The molecule has 30 nitrogen and oxygen atoms in total. The topological polar surface area (TPSA) is 418 Å². The highest BCUT2D eigenvalue weighted by Gasteiger charge is 2.34. The van der Waals surface area contributed by atoms with Crippen LogP contribution in [0.15, 0.2) is 259 Å². The third kappa shape index (κ3) is 29.6. The molecule has 0 aliphatic rings. The zero-order valence-corrected chi connectivity index (χ0v) is 82.5. The summed E-state index contributed by atoms with van der Waals surface area (Å²) >= 11 is 68.9. The minimum atomic E-state index is -4.77. The van der Waals surface area contributed by atoms with Gasteiger partial charge in [0.1, 0.15) is 34.2 Å². The molecule has 141 heavy (non-hydrogen) atoms. The molecule has 722 valence electrons. The molecule has 12 aromatic carbocycles. The van der Waals surface area contributed by atoms with Crippen LogP contribution in [-0.2, 0) is 44.5 Å². The number of hydrogen-bond donors (Lipinski definition) is 8. The van der Waals surface area contributed by atoms with Crippen LogP contribution in [0.5, 0.6) is 23.0 Å². The summed E-state index contributed by atoms with van der Waals surface area (Å²) in [6, 6.07) is 44.7. The Balaban J connectivity index is 0.000000278. The van der Waals surface area contributed by atoms with Crippen molar-refractivity contribution < 1.29 is 80.2 Å². The number of carbonyl (C=O) groups is 12. The maximum atomic E-state index is 13.7. The lowest BCUT2D eigenvalue weighted by molar-refractivity contribution is -0.137. The summed E-state index contributed by atoms with van der Waals surface area (Å²) in [4.78, 5) is 157. The lowest BCUT2D eigenvalue weighted by atomic mass is 10.1. The number of aryl methyl sites for hydroxylation is 4. The first-order chi connectivity index (χ1) is 66.7. The van der Waals surface area contributed by atoms with Gasteiger partial charge in [-0.15, -0.1) is 0 Å². The Kier molecular flexibility index (Phi) is 36.8. The number of ether oxygens (including phenoxy) is 2. The summed E-state index contributed by atoms with van der Waals surface area (Å²) in [5, 5.41) is 53.9. The molecule has 8 N–H and O–H groups in total. The van der Waals surface area contributed by atoms with Gasteiger partial charge in [-0.1, -0.05) is 146 Å². The highest BCUT2D eigenvalue weighted by atomic mass is 35.5. The zero-order chi connectivity index (χ0) is 103. The number of nitrogens with zero attached hydrogens (tertiary/aromatic N) is 8. The fourth-order valence-corrected chi connectivity index (χ4v) is 14.2. The van der Waals surface area contributed by atoms with E-state index in [-0.39, 0.29) is 120 Å². The predicted molar refractivity (Wildman–Crippen MR) is 539 cm³/mol. The number of halogens is 14. The van der Waals surface area contributed by atoms with Crippen LogP contribution < -0.4 is 52.0 Å². The maximum absolute atomic E-state index is 13.7. The van der Waals surface area contributed by atoms with Crippen molar-refractivity contribution >= 4 is 266 Å². The van der Waals surface area contributed by atoms with Crippen molar-refractivity contribution in [2.24, 2.45) is 40.9 Å². The summed E-state index contributed by atoms with van der Waals surface area (Å²) < 4.78 is 52.9. The van der Waals surface area contributed by atoms with Gasteiger partial charge in [0.25, 0.3) is 47.3 Å². The number of nitrogens with one attached hydrogen (secondary N) is 8. The summed E-state index contributed by atoms with van der Waals surface area (Å²) in [5.74, 6) is -8.29. The van der Waals surface area contributed by atoms with Gasteiger partial charge in [0, 0.05) is 59.4 Å². The average Bonchev–Trinajstić information content (AvgIpc) is 0.818. The number of alkyl halides is 3. The molecule has 12 rings (SSSR count). The minimum absolute atomic E-state index is 0.00484. The lowest BCUT2D eigenvalue weighted by Crippen LogP contribution is -2.32. The fraction of sp³-hybridized carbons (Fsp3) is 0.134. The number of azo groups is 4. The number of hydrogen-bond acceptors (Lipinski definition) is 22. The van der Waals surface area contributed by atoms with Gasteiger partial charge < -0.3 is 52.0 Å². The van der Waals surface area contributed by atoms with Crippen LogP contribution in [-0.4, -0.2) is 94.6 Å². The van der Waals surface area contributed by atoms with Crippen LogP contribution in [0.25, 0.3) is 0 Å². The van der Waals surface area contributed by atoms with Gasteiger partial charge in [0.05, 0.1) is 69.2 Å². The third-order valence-corrected chi connectivity index (χ3v) is 23.0. The first-order valence-electron chi connectivity index (χ1n) is 41.1. The Morgan fingerprint density at radius 2 is 0.546 bits per heavy atom. The van der Waals surface area contributed by atoms with E-state index in [0.717, 1.165) is 62.6 Å². The molecule has 0 saturated heterocycles. The Morgan fingerprint density at radius 3 is 0.865 bits per heavy atom. The highest BCUT2D eigenvalue weighted by Crippen LogP contribution is 2.42. The Labute approximate surface area is 855 Å². The lowest BCUT2D eigenvalue weighted by Gasteiger charge is -2.16. The smallest absolute Gasteiger partial charge is 0.416 e. The summed E-state index contributed by atoms with van der Waals surface area (Å²) in [7, 11) is 0. The molecular weight excluding hydrogens is 2060 g/mol. The molecule has 44 heteroatoms. The summed E-state index contributed by atoms with van der Waals surface area (Å²) in [6.07, 6.45) is -4.77. The first-order valence-corrected chi connectivity index (χ1v) is 45.2. The molecule has 0 bridgehead atoms. The van der Waals surface area contributed by atoms with Crippen LogP contribution in [0.1, 0.15) is 96.9 Å². The molecular formula is C97H72Cl11F3N16O14. The molecule has 0 spiro atoms. The van der Waals surface area contributed by atoms with Crippen molar-refractivity contribution in [1.29, 1.82) is 0 Å². The van der Waals surface area contributed by atoms with Crippen molar-refractivity contribution in [3.63, 3.8) is 0 Å². The molecule has 8 amide bonds. The number of amides is 8. The van der Waals surface area contributed by atoms with Crippen molar-refractivity contribution in [3.8, 4) is 23.0 Å². The molecule has 0 aliphatic carbocycles. The van der Waals surface area contributed by atoms with Crippen molar-refractivity contribution in [2.45, 2.75) is 85.7 Å². The van der Waals surface area contributed by atoms with Crippen LogP contribution in [0.3, 0.4) is 0 Å². The number of Topliss-reactive ketones (excluding diaryl/α,β-unsaturated/α-hetero) is 4. The molecule has 4 unspecified atom stereocenters. The van der Waals surface area contributed by atoms with E-state index in [9.17, 15) is 70.7 Å². The molecule has 0 heterocycles. The van der Waals surface area contributed by atoms with Crippen LogP contribution in [0, 0.1) is 27.7 Å². The quantitative estimate of drug-likeness (QED) is 0.0144. The molecule has 12 aromatic rings. The Bertz CT molecular complexity index is 6960. The van der Waals surface area contributed by atoms with E-state index in [1.54, 1.807) is 93.6 Å². The van der Waals surface area contributed by atoms with Crippen LogP contribution in [0.4, 0.5) is 81.4 Å². The average molecular weight is 2130 g/mol. The van der Waals surface area contributed by atoms with E-state index >= 15 is 0 Å². The normalized spacial score (nSPS) is 12.2. The fourth-order valence-electron chi connectivity index (χ4n) is 12.3. The first kappa shape index (κ1) is 107. The molecule has 0 saturated carbocycles. The van der Waals surface area contributed by atoms with Crippen LogP contribution in [0.2, 0.25) is 55.2 Å². The molecule has 0 aromatic heterocycles. The van der Waals surface area contributed by atoms with Crippen molar-refractivity contribution in [1.82, 2.24) is 0 Å². The van der Waals surface area contributed by atoms with Gasteiger partial charge in [-0.05, 0) is 278 Å². The van der Waals surface area contributed by atoms with Gasteiger partial charge in [0.2, 0.25) is 24.2 Å². The van der Waals surface area contributed by atoms with Gasteiger partial charge in [-0.3, -0.25) is 57.5 Å². The van der Waals surface area contributed by atoms with Crippen molar-refractivity contribution in [2.75, 3.05) is 42.5 Å². The third-order valence-electron chi connectivity index (χ3n) is 19.8. The van der Waals surface area contributed by atoms with E-state index in [1.807, 2.05) is 13.0 Å². The van der Waals surface area contributed by atoms with Gasteiger partial charge in [-0.2, -0.15) is 54.1 Å². The Hall–Kier alpha value is -13.9. The van der Waals surface area contributed by atoms with E-state index < -0.39 is 106 Å². The van der Waals surface area contributed by atoms with Gasteiger partial charge in [-0.25, -0.2) is 0 Å². The second-order valence-corrected chi connectivity index (χ2v) is 35.1. The Morgan fingerprint density at radius 1 is 0.270 bits per heavy atom. The standard InChI is InChI=1S/C55H40Cl5F3N8O8.C42H32Cl6N8O6/c1-27-5-19-47(78-36-13-9-34(56)10-14-36)45(21-27)66-51(74)31-6-17-38(58)43(23-31)68-70-49(29(3)72)53(76)64-41-26-40(60)42(22-28(41)2)65-54(77)50(30(4)73)71-69-44-24-32(7-18-39(44)59)52(75)67-46-25-33(55(61,62)63)8-20-48(46)79-37-15-11-35(57)12-16-37;1-19-5-9-25(43)15-31(19)49-39(59)23-7-11-27(45)35(13-23)53-55-37(21(3)57)41(61)51-33-17-30(48)34(18-29(33)47)52-42(62)38(22(4)58)56-54-36-14-24(8-12-28(36)46)40(60)50-32-16-26(44)10-6-20(32)2/h5-26,49-50H,1-4H3,(H,64,76)(H,65,77)(H,66,74)(H,67,75);5-18,37-38H,1-4H3,(H,49,59)(H,50,60)(H,51,61)(H,52,62). The van der Waals surface area contributed by atoms with E-state index in [2.05, 4.69) is 83.4 Å². The molecule has 0 radical (unpaired) electrons. The SMILES string of the molecule is CC(=O)C(N=Nc1cc(C(=O)Nc2cc(C)ccc2Oc2ccc(Cl)cc2)ccc1Cl)C(=O)Nc1cc(Cl)c(NC(=O)C(N=Nc2cc(C(=O)Nc3cc(C(F)(F)F)ccc3Oc3ccc(Cl)cc3)ccc2Cl)C(C)=O)cc1C.CC(=O)C(N=Nc1cc(C(=O)Nc2cc(Cl)ccc2C)ccc1Cl)C(=O)Nc1cc(Cl)c(NC(=O)C(N=Nc2cc(C(=O)Nc3cc(Cl)ccc3C)ccc2Cl)C(C)=O)cc1Cl. The second-order valence-electron chi connectivity index (χ2n) is 30.6. The van der Waals surface area contributed by atoms with Crippen LogP contribution >= 0.6 is 128 Å². The second kappa shape index (κ2) is 48.3. The van der Waals surface area contributed by atoms with E-state index in [1.165, 1.54) is 115 Å². The largest absolute Gasteiger partial charge is 0.455 e. The number of benzene rings is 12. The van der Waals surface area contributed by atoms with Crippen molar-refractivity contribution in [3.05, 3.63) is 324 Å². The van der Waals surface area contributed by atoms with Gasteiger partial charge in [0.15, 0.2) is 34.6 Å². The molecule has 0 fully saturated rings. The minimum Gasteiger partial charge on any atom is -0.455 e. The zero-order valence-electron chi connectivity index (χ0n) is 74.2. The number of ketones is 4. The molecule has 4 atom stereocenters. The summed E-state index contributed by atoms with van der Waals surface area (Å²) in [5.41, 5.74) is 2.58. The molecule has 0 aliphatic heterocycles. The van der Waals surface area contributed by atoms with Gasteiger partial charge >= 0.3 is 6.18 Å². The van der Waals surface area contributed by atoms with E-state index in [0.29, 0.717) is 60.3 Å². The van der Waals surface area contributed by atoms with E-state index in [4.69, 9.17) is 137 Å². The maximum Gasteiger partial charge on any atom is 0.416 e. The summed E-state index contributed by atoms with van der Waals surface area (Å²) in [6.45, 7) is 11.4. The number of rotatable bonds is 32. The number of carbonyl (C=O) groups excluding carboxylic acids is 12. The number of anilines is 8. The predicted octanol–water partition coefficient (Wildman–Crippen LogP) is 28.1. The highest BCUT2D eigenvalue weighted by molar-refractivity contribution is 6.39. The monoisotopic (exact) mass is 2130 g/mol.